The highest BCUT2D eigenvalue weighted by molar-refractivity contribution is 9.10. The van der Waals surface area contributed by atoms with Crippen molar-refractivity contribution in [2.75, 3.05) is 11.9 Å². The third-order valence-electron chi connectivity index (χ3n) is 4.68. The summed E-state index contributed by atoms with van der Waals surface area (Å²) in [6, 6.07) is 5.14. The Labute approximate surface area is 167 Å². The Morgan fingerprint density at radius 3 is 2.71 bits per heavy atom. The van der Waals surface area contributed by atoms with E-state index in [-0.39, 0.29) is 5.75 Å². The van der Waals surface area contributed by atoms with E-state index in [1.165, 1.54) is 17.2 Å². The van der Waals surface area contributed by atoms with Crippen LogP contribution in [0.3, 0.4) is 0 Å². The quantitative estimate of drug-likeness (QED) is 0.374. The van der Waals surface area contributed by atoms with Crippen molar-refractivity contribution in [2.24, 2.45) is 0 Å². The number of nitrogens with zero attached hydrogens (tertiary/aromatic N) is 4. The minimum absolute atomic E-state index is 0.143. The van der Waals surface area contributed by atoms with Crippen molar-refractivity contribution in [3.8, 4) is 5.75 Å². The highest BCUT2D eigenvalue weighted by atomic mass is 79.9. The summed E-state index contributed by atoms with van der Waals surface area (Å²) in [6.45, 7) is -0.126. The molecule has 2 aromatic heterocycles. The standard InChI is InChI=1S/C17H18BrN5O5/c18-9-2-1-3-10(25)8(9)4-19-15-12-16(21-6-20-15)23(7-22-12)17-14(27)13(26)11(5-24)28-17/h1-3,6-7,11,13-14,17,24-27H,4-5H2,(H,19,20,21)/t11-,13-,14-,17?/m1/s1. The van der Waals surface area contributed by atoms with Crippen LogP contribution in [0.1, 0.15) is 11.8 Å². The molecule has 1 saturated heterocycles. The molecule has 0 saturated carbocycles. The van der Waals surface area contributed by atoms with Gasteiger partial charge in [0.05, 0.1) is 12.9 Å². The molecule has 1 aliphatic heterocycles. The number of fused-ring (bicyclic) bond motifs is 1. The van der Waals surface area contributed by atoms with Crippen molar-refractivity contribution in [2.45, 2.75) is 31.1 Å². The van der Waals surface area contributed by atoms with Gasteiger partial charge in [-0.2, -0.15) is 0 Å². The van der Waals surface area contributed by atoms with Crippen LogP contribution < -0.4 is 5.32 Å². The van der Waals surface area contributed by atoms with Gasteiger partial charge >= 0.3 is 0 Å². The number of aliphatic hydroxyl groups excluding tert-OH is 3. The van der Waals surface area contributed by atoms with Gasteiger partial charge in [0.1, 0.15) is 30.4 Å². The molecule has 5 N–H and O–H groups in total. The number of benzene rings is 1. The molecule has 28 heavy (non-hydrogen) atoms. The molecule has 4 atom stereocenters. The van der Waals surface area contributed by atoms with Gasteiger partial charge in [-0.3, -0.25) is 4.57 Å². The lowest BCUT2D eigenvalue weighted by Crippen LogP contribution is -2.33. The highest BCUT2D eigenvalue weighted by Gasteiger charge is 2.44. The average molecular weight is 452 g/mol. The molecule has 3 aromatic rings. The van der Waals surface area contributed by atoms with E-state index in [9.17, 15) is 20.4 Å². The molecule has 1 fully saturated rings. The highest BCUT2D eigenvalue weighted by Crippen LogP contribution is 2.32. The van der Waals surface area contributed by atoms with Crippen molar-refractivity contribution in [1.29, 1.82) is 0 Å². The fraction of sp³-hybridized carbons (Fsp3) is 0.353. The molecule has 11 heteroatoms. The number of aromatic nitrogens is 4. The molecule has 148 valence electrons. The summed E-state index contributed by atoms with van der Waals surface area (Å²) < 4.78 is 7.78. The number of aliphatic hydroxyl groups is 3. The second-order valence-corrected chi connectivity index (χ2v) is 7.22. The maximum atomic E-state index is 10.2. The van der Waals surface area contributed by atoms with Crippen molar-refractivity contribution < 1.29 is 25.2 Å². The zero-order valence-corrected chi connectivity index (χ0v) is 16.1. The Bertz CT molecular complexity index is 979. The predicted molar refractivity (Wildman–Crippen MR) is 101 cm³/mol. The Morgan fingerprint density at radius 1 is 1.18 bits per heavy atom. The monoisotopic (exact) mass is 451 g/mol. The van der Waals surface area contributed by atoms with E-state index in [2.05, 4.69) is 36.2 Å². The molecule has 0 aliphatic carbocycles. The van der Waals surface area contributed by atoms with E-state index in [4.69, 9.17) is 4.74 Å². The Morgan fingerprint density at radius 2 is 2.00 bits per heavy atom. The number of phenolic OH excluding ortho intramolecular Hbond substituents is 1. The van der Waals surface area contributed by atoms with Gasteiger partial charge in [0.15, 0.2) is 23.2 Å². The molecule has 0 amide bonds. The number of phenols is 1. The third-order valence-corrected chi connectivity index (χ3v) is 5.42. The summed E-state index contributed by atoms with van der Waals surface area (Å²) >= 11 is 3.40. The van der Waals surface area contributed by atoms with Crippen LogP contribution >= 0.6 is 15.9 Å². The van der Waals surface area contributed by atoms with Crippen molar-refractivity contribution >= 4 is 32.9 Å². The van der Waals surface area contributed by atoms with Gasteiger partial charge in [0, 0.05) is 16.6 Å². The largest absolute Gasteiger partial charge is 0.508 e. The normalized spacial score (nSPS) is 24.7. The van der Waals surface area contributed by atoms with Crippen molar-refractivity contribution in [3.05, 3.63) is 40.9 Å². The van der Waals surface area contributed by atoms with Crippen molar-refractivity contribution in [1.82, 2.24) is 19.5 Å². The number of hydrogen-bond donors (Lipinski definition) is 5. The number of imidazole rings is 1. The molecule has 10 nitrogen and oxygen atoms in total. The van der Waals surface area contributed by atoms with Gasteiger partial charge in [-0.1, -0.05) is 22.0 Å². The van der Waals surface area contributed by atoms with Gasteiger partial charge in [-0.05, 0) is 12.1 Å². The number of aromatic hydroxyl groups is 1. The van der Waals surface area contributed by atoms with Gasteiger partial charge in [-0.15, -0.1) is 0 Å². The lowest BCUT2D eigenvalue weighted by Gasteiger charge is -2.16. The van der Waals surface area contributed by atoms with Crippen molar-refractivity contribution in [3.63, 3.8) is 0 Å². The molecule has 1 aliphatic rings. The minimum Gasteiger partial charge on any atom is -0.508 e. The summed E-state index contributed by atoms with van der Waals surface area (Å²) in [5, 5.41) is 42.6. The Hall–Kier alpha value is -2.31. The summed E-state index contributed by atoms with van der Waals surface area (Å²) in [5.74, 6) is 0.579. The SMILES string of the molecule is OC[C@H]1OC(n2cnc3c(NCc4c(O)cccc4Br)ncnc32)[C@H](O)[C@@H]1O. The zero-order chi connectivity index (χ0) is 19.8. The molecule has 0 spiro atoms. The Balaban J connectivity index is 1.62. The fourth-order valence-electron chi connectivity index (χ4n) is 3.17. The van der Waals surface area contributed by atoms with Crippen LogP contribution in [0.4, 0.5) is 5.82 Å². The van der Waals surface area contributed by atoms with Gasteiger partial charge in [-0.25, -0.2) is 15.0 Å². The maximum Gasteiger partial charge on any atom is 0.167 e. The van der Waals surface area contributed by atoms with Gasteiger partial charge in [0.25, 0.3) is 0 Å². The third kappa shape index (κ3) is 3.20. The number of halogens is 1. The van der Waals surface area contributed by atoms with Crippen LogP contribution in [0.5, 0.6) is 5.75 Å². The number of nitrogens with one attached hydrogen (secondary N) is 1. The van der Waals surface area contributed by atoms with E-state index in [1.807, 2.05) is 6.07 Å². The van der Waals surface area contributed by atoms with Crippen LogP contribution in [0.2, 0.25) is 0 Å². The molecular formula is C17H18BrN5O5. The van der Waals surface area contributed by atoms with E-state index >= 15 is 0 Å². The van der Waals surface area contributed by atoms with E-state index < -0.39 is 31.1 Å². The number of anilines is 1. The molecule has 0 bridgehead atoms. The van der Waals surface area contributed by atoms with Crippen LogP contribution in [-0.2, 0) is 11.3 Å². The van der Waals surface area contributed by atoms with Crippen LogP contribution in [0.15, 0.2) is 35.3 Å². The maximum absolute atomic E-state index is 10.2. The molecule has 0 radical (unpaired) electrons. The van der Waals surface area contributed by atoms with Crippen LogP contribution in [-0.4, -0.2) is 64.9 Å². The van der Waals surface area contributed by atoms with E-state index in [1.54, 1.807) is 12.1 Å². The summed E-state index contributed by atoms with van der Waals surface area (Å²) in [4.78, 5) is 12.7. The van der Waals surface area contributed by atoms with E-state index in [0.29, 0.717) is 29.1 Å². The summed E-state index contributed by atoms with van der Waals surface area (Å²) in [6.07, 6.45) is -1.52. The van der Waals surface area contributed by atoms with Crippen LogP contribution in [0.25, 0.3) is 11.2 Å². The minimum atomic E-state index is -1.24. The van der Waals surface area contributed by atoms with Crippen LogP contribution in [0, 0.1) is 0 Å². The number of ether oxygens (including phenoxy) is 1. The first-order chi connectivity index (χ1) is 13.5. The average Bonchev–Trinajstić information content (AvgIpc) is 3.23. The first-order valence-electron chi connectivity index (χ1n) is 8.51. The smallest absolute Gasteiger partial charge is 0.167 e. The first kappa shape index (κ1) is 19.0. The van der Waals surface area contributed by atoms with Gasteiger partial charge in [0.2, 0.25) is 0 Å². The zero-order valence-electron chi connectivity index (χ0n) is 14.5. The molecular weight excluding hydrogens is 434 g/mol. The lowest BCUT2D eigenvalue weighted by atomic mass is 10.1. The fourth-order valence-corrected chi connectivity index (χ4v) is 3.67. The number of hydrogen-bond acceptors (Lipinski definition) is 9. The predicted octanol–water partition coefficient (Wildman–Crippen LogP) is 0.518. The second-order valence-electron chi connectivity index (χ2n) is 6.37. The van der Waals surface area contributed by atoms with E-state index in [0.717, 1.165) is 4.47 Å². The topological polar surface area (TPSA) is 146 Å². The molecule has 1 unspecified atom stereocenters. The summed E-state index contributed by atoms with van der Waals surface area (Å²) in [7, 11) is 0. The molecule has 4 rings (SSSR count). The van der Waals surface area contributed by atoms with Gasteiger partial charge < -0.3 is 30.5 Å². The second kappa shape index (κ2) is 7.60. The summed E-state index contributed by atoms with van der Waals surface area (Å²) in [5.41, 5.74) is 1.49. The Kier molecular flexibility index (Phi) is 5.17. The first-order valence-corrected chi connectivity index (χ1v) is 9.30. The number of rotatable bonds is 5. The molecule has 3 heterocycles. The molecule has 1 aromatic carbocycles. The lowest BCUT2D eigenvalue weighted by molar-refractivity contribution is -0.0511.